The fourth-order valence-corrected chi connectivity index (χ4v) is 9.08. The second-order valence-electron chi connectivity index (χ2n) is 12.6. The maximum atomic E-state index is 2.46. The van der Waals surface area contributed by atoms with Crippen LogP contribution < -0.4 is 0 Å². The van der Waals surface area contributed by atoms with Gasteiger partial charge in [0.15, 0.2) is 0 Å². The van der Waals surface area contributed by atoms with Crippen molar-refractivity contribution in [2.45, 2.75) is 0 Å². The Labute approximate surface area is 274 Å². The summed E-state index contributed by atoms with van der Waals surface area (Å²) >= 11 is 1.87. The maximum absolute atomic E-state index is 2.46. The Hall–Kier alpha value is -5.90. The standard InChI is InChI=1S/C44H26N2S/c1-4-12-37-33(9-1)34-10-2-5-13-38(34)45(37)31-19-21-32(22-20-31)46-39-14-7-8-27-16-17-29-24-30(26-40(46)44(29)43(27)39)28-18-23-42-36(25-28)35-11-3-6-15-41(35)47-42/h1-26H. The van der Waals surface area contributed by atoms with Crippen molar-refractivity contribution in [1.82, 2.24) is 9.13 Å². The molecular weight excluding hydrogens is 589 g/mol. The summed E-state index contributed by atoms with van der Waals surface area (Å²) in [6.07, 6.45) is 0. The number of hydrogen-bond acceptors (Lipinski definition) is 1. The average molecular weight is 615 g/mol. The third-order valence-electron chi connectivity index (χ3n) is 10.1. The van der Waals surface area contributed by atoms with Crippen molar-refractivity contribution < 1.29 is 0 Å². The molecule has 3 heteroatoms. The normalized spacial score (nSPS) is 12.3. The summed E-state index contributed by atoms with van der Waals surface area (Å²) in [6, 6.07) is 58.3. The van der Waals surface area contributed by atoms with Gasteiger partial charge in [0.05, 0.1) is 22.1 Å². The van der Waals surface area contributed by atoms with Crippen molar-refractivity contribution in [3.05, 3.63) is 158 Å². The lowest BCUT2D eigenvalue weighted by Gasteiger charge is -2.12. The zero-order valence-corrected chi connectivity index (χ0v) is 26.1. The minimum Gasteiger partial charge on any atom is -0.309 e. The van der Waals surface area contributed by atoms with Crippen LogP contribution in [0.3, 0.4) is 0 Å². The predicted octanol–water partition coefficient (Wildman–Crippen LogP) is 12.5. The first kappa shape index (κ1) is 25.3. The molecule has 8 aromatic carbocycles. The van der Waals surface area contributed by atoms with E-state index in [1.165, 1.54) is 85.7 Å². The van der Waals surface area contributed by atoms with Crippen LogP contribution in [0.25, 0.3) is 97.1 Å². The predicted molar refractivity (Wildman–Crippen MR) is 202 cm³/mol. The minimum absolute atomic E-state index is 1.16. The van der Waals surface area contributed by atoms with E-state index in [0.29, 0.717) is 0 Å². The fourth-order valence-electron chi connectivity index (χ4n) is 8.00. The molecule has 3 heterocycles. The molecule has 0 radical (unpaired) electrons. The Morgan fingerprint density at radius 2 is 0.936 bits per heavy atom. The van der Waals surface area contributed by atoms with Crippen LogP contribution in [0.15, 0.2) is 158 Å². The molecule has 218 valence electrons. The number of nitrogens with zero attached hydrogens (tertiary/aromatic N) is 2. The highest BCUT2D eigenvalue weighted by Crippen LogP contribution is 2.43. The molecule has 0 saturated carbocycles. The largest absolute Gasteiger partial charge is 0.309 e. The molecule has 0 atom stereocenters. The summed E-state index contributed by atoms with van der Waals surface area (Å²) in [5.74, 6) is 0. The highest BCUT2D eigenvalue weighted by atomic mass is 32.1. The van der Waals surface area contributed by atoms with Gasteiger partial charge in [0.1, 0.15) is 0 Å². The summed E-state index contributed by atoms with van der Waals surface area (Å²) in [6.45, 7) is 0. The summed E-state index contributed by atoms with van der Waals surface area (Å²) in [5, 5.41) is 10.4. The third-order valence-corrected chi connectivity index (χ3v) is 11.2. The molecule has 0 aliphatic heterocycles. The molecule has 0 N–H and O–H groups in total. The number of thiophene rings is 1. The van der Waals surface area contributed by atoms with Gasteiger partial charge in [-0.1, -0.05) is 84.9 Å². The van der Waals surface area contributed by atoms with E-state index in [1.54, 1.807) is 0 Å². The van der Waals surface area contributed by atoms with Gasteiger partial charge < -0.3 is 9.13 Å². The molecule has 0 fully saturated rings. The zero-order valence-electron chi connectivity index (χ0n) is 25.3. The first-order chi connectivity index (χ1) is 23.3. The third kappa shape index (κ3) is 3.49. The quantitative estimate of drug-likeness (QED) is 0.175. The van der Waals surface area contributed by atoms with E-state index < -0.39 is 0 Å². The molecule has 47 heavy (non-hydrogen) atoms. The molecule has 0 spiro atoms. The molecule has 0 saturated heterocycles. The zero-order chi connectivity index (χ0) is 30.6. The second kappa shape index (κ2) is 9.32. The van der Waals surface area contributed by atoms with Crippen molar-refractivity contribution in [2.75, 3.05) is 0 Å². The lowest BCUT2D eigenvalue weighted by Crippen LogP contribution is -1.97. The Kier molecular flexibility index (Phi) is 5.02. The van der Waals surface area contributed by atoms with Gasteiger partial charge >= 0.3 is 0 Å². The van der Waals surface area contributed by atoms with Gasteiger partial charge in [0, 0.05) is 53.1 Å². The summed E-state index contributed by atoms with van der Waals surface area (Å²) < 4.78 is 7.52. The number of hydrogen-bond donors (Lipinski definition) is 0. The molecule has 11 aromatic rings. The van der Waals surface area contributed by atoms with Crippen molar-refractivity contribution in [3.63, 3.8) is 0 Å². The van der Waals surface area contributed by atoms with E-state index in [1.807, 2.05) is 11.3 Å². The van der Waals surface area contributed by atoms with Crippen LogP contribution in [0.4, 0.5) is 0 Å². The SMILES string of the molecule is c1ccc2c(c1)sc1ccc(-c3cc4ccc5cccc6c5c4c(c3)n6-c3ccc(-n4c5ccccc5c5ccccc54)cc3)cc12. The van der Waals surface area contributed by atoms with Crippen LogP contribution in [0.2, 0.25) is 0 Å². The topological polar surface area (TPSA) is 9.86 Å². The number of rotatable bonds is 3. The van der Waals surface area contributed by atoms with E-state index in [4.69, 9.17) is 0 Å². The average Bonchev–Trinajstić information content (AvgIpc) is 3.79. The van der Waals surface area contributed by atoms with Crippen LogP contribution >= 0.6 is 11.3 Å². The molecule has 0 unspecified atom stereocenters. The van der Waals surface area contributed by atoms with Gasteiger partial charge in [-0.15, -0.1) is 11.3 Å². The van der Waals surface area contributed by atoms with E-state index >= 15 is 0 Å². The molecule has 0 aliphatic carbocycles. The second-order valence-corrected chi connectivity index (χ2v) is 13.6. The number of aromatic nitrogens is 2. The van der Waals surface area contributed by atoms with E-state index in [0.717, 1.165) is 11.4 Å². The fraction of sp³-hybridized carbons (Fsp3) is 0. The molecule has 0 aliphatic rings. The highest BCUT2D eigenvalue weighted by molar-refractivity contribution is 7.25. The van der Waals surface area contributed by atoms with Gasteiger partial charge in [-0.05, 0) is 94.7 Å². The van der Waals surface area contributed by atoms with Crippen LogP contribution in [0.1, 0.15) is 0 Å². The molecular formula is C44H26N2S. The monoisotopic (exact) mass is 614 g/mol. The van der Waals surface area contributed by atoms with Gasteiger partial charge in [-0.25, -0.2) is 0 Å². The summed E-state index contributed by atoms with van der Waals surface area (Å²) in [4.78, 5) is 0. The number of para-hydroxylation sites is 2. The van der Waals surface area contributed by atoms with Crippen LogP contribution in [0, 0.1) is 0 Å². The molecule has 0 bridgehead atoms. The van der Waals surface area contributed by atoms with Crippen molar-refractivity contribution in [1.29, 1.82) is 0 Å². The number of benzene rings is 8. The highest BCUT2D eigenvalue weighted by Gasteiger charge is 2.19. The first-order valence-corrected chi connectivity index (χ1v) is 16.9. The van der Waals surface area contributed by atoms with Gasteiger partial charge in [-0.2, -0.15) is 0 Å². The Morgan fingerprint density at radius 3 is 1.70 bits per heavy atom. The number of fused-ring (bicyclic) bond motifs is 6. The molecule has 0 amide bonds. The Morgan fingerprint density at radius 1 is 0.340 bits per heavy atom. The van der Waals surface area contributed by atoms with Gasteiger partial charge in [0.25, 0.3) is 0 Å². The van der Waals surface area contributed by atoms with E-state index in [-0.39, 0.29) is 0 Å². The Balaban J connectivity index is 1.14. The first-order valence-electron chi connectivity index (χ1n) is 16.1. The van der Waals surface area contributed by atoms with Crippen molar-refractivity contribution in [3.8, 4) is 22.5 Å². The summed E-state index contributed by atoms with van der Waals surface area (Å²) in [5.41, 5.74) is 9.75. The van der Waals surface area contributed by atoms with Crippen molar-refractivity contribution >= 4 is 85.9 Å². The summed E-state index contributed by atoms with van der Waals surface area (Å²) in [7, 11) is 0. The van der Waals surface area contributed by atoms with Crippen molar-refractivity contribution in [2.24, 2.45) is 0 Å². The smallest absolute Gasteiger partial charge is 0.0553 e. The molecule has 2 nitrogen and oxygen atoms in total. The Bertz CT molecular complexity index is 2950. The van der Waals surface area contributed by atoms with Crippen LogP contribution in [-0.2, 0) is 0 Å². The minimum atomic E-state index is 1.16. The van der Waals surface area contributed by atoms with Gasteiger partial charge in [-0.3, -0.25) is 0 Å². The maximum Gasteiger partial charge on any atom is 0.0553 e. The van der Waals surface area contributed by atoms with Crippen LogP contribution in [0.5, 0.6) is 0 Å². The van der Waals surface area contributed by atoms with E-state index in [2.05, 4.69) is 167 Å². The van der Waals surface area contributed by atoms with Crippen LogP contribution in [-0.4, -0.2) is 9.13 Å². The molecule has 3 aromatic heterocycles. The lowest BCUT2D eigenvalue weighted by molar-refractivity contribution is 1.14. The van der Waals surface area contributed by atoms with Gasteiger partial charge in [0.2, 0.25) is 0 Å². The van der Waals surface area contributed by atoms with E-state index in [9.17, 15) is 0 Å². The molecule has 11 rings (SSSR count). The lowest BCUT2D eigenvalue weighted by atomic mass is 9.96.